The first-order chi connectivity index (χ1) is 10.8. The molecule has 2 rings (SSSR count). The summed E-state index contributed by atoms with van der Waals surface area (Å²) in [7, 11) is 1.74. The van der Waals surface area contributed by atoms with Crippen molar-refractivity contribution in [1.29, 1.82) is 0 Å². The predicted octanol–water partition coefficient (Wildman–Crippen LogP) is 1.62. The minimum Gasteiger partial charge on any atom is -0.492 e. The molecule has 0 spiro atoms. The van der Waals surface area contributed by atoms with Gasteiger partial charge in [-0.1, -0.05) is 6.07 Å². The Kier molecular flexibility index (Phi) is 7.49. The van der Waals surface area contributed by atoms with Crippen LogP contribution in [0.2, 0.25) is 0 Å². The van der Waals surface area contributed by atoms with E-state index in [1.165, 1.54) is 11.3 Å². The third kappa shape index (κ3) is 5.16. The number of rotatable bonds is 9. The molecule has 124 valence electrons. The number of piperazine rings is 1. The Balaban J connectivity index is 1.96. The highest BCUT2D eigenvalue weighted by molar-refractivity contribution is 5.60. The first kappa shape index (κ1) is 17.1. The summed E-state index contributed by atoms with van der Waals surface area (Å²) < 4.78 is 10.9. The van der Waals surface area contributed by atoms with E-state index in [9.17, 15) is 0 Å². The Morgan fingerprint density at radius 2 is 2.09 bits per heavy atom. The van der Waals surface area contributed by atoms with Gasteiger partial charge in [0.1, 0.15) is 5.75 Å². The maximum atomic E-state index is 5.87. The maximum absolute atomic E-state index is 5.87. The zero-order valence-corrected chi connectivity index (χ0v) is 13.9. The topological polar surface area (TPSA) is 45.8 Å². The Labute approximate surface area is 134 Å². The van der Waals surface area contributed by atoms with Gasteiger partial charge >= 0.3 is 0 Å². The molecule has 5 heteroatoms. The summed E-state index contributed by atoms with van der Waals surface area (Å²) in [6, 6.07) is 6.57. The van der Waals surface area contributed by atoms with Gasteiger partial charge in [-0.05, 0) is 37.6 Å². The molecule has 22 heavy (non-hydrogen) atoms. The van der Waals surface area contributed by atoms with E-state index in [1.807, 2.05) is 6.92 Å². The van der Waals surface area contributed by atoms with Gasteiger partial charge in [-0.2, -0.15) is 0 Å². The molecule has 1 aliphatic rings. The first-order valence-electron chi connectivity index (χ1n) is 8.26. The van der Waals surface area contributed by atoms with Crippen molar-refractivity contribution in [3.63, 3.8) is 0 Å². The second-order valence-electron chi connectivity index (χ2n) is 5.50. The monoisotopic (exact) mass is 307 g/mol. The molecule has 0 radical (unpaired) electrons. The molecule has 1 saturated heterocycles. The highest BCUT2D eigenvalue weighted by Crippen LogP contribution is 2.30. The third-order valence-electron chi connectivity index (χ3n) is 3.81. The number of anilines is 1. The second-order valence-corrected chi connectivity index (χ2v) is 5.50. The van der Waals surface area contributed by atoms with Crippen molar-refractivity contribution < 1.29 is 9.47 Å². The van der Waals surface area contributed by atoms with Crippen molar-refractivity contribution in [2.75, 3.05) is 57.9 Å². The van der Waals surface area contributed by atoms with E-state index in [-0.39, 0.29) is 0 Å². The molecule has 0 bridgehead atoms. The molecule has 0 amide bonds. The Morgan fingerprint density at radius 1 is 1.27 bits per heavy atom. The lowest BCUT2D eigenvalue weighted by atomic mass is 10.1. The molecular formula is C17H29N3O2. The van der Waals surface area contributed by atoms with Crippen molar-refractivity contribution in [3.8, 4) is 5.75 Å². The fraction of sp³-hybridized carbons (Fsp3) is 0.647. The maximum Gasteiger partial charge on any atom is 0.142 e. The van der Waals surface area contributed by atoms with E-state index in [4.69, 9.17) is 9.47 Å². The summed E-state index contributed by atoms with van der Waals surface area (Å²) >= 11 is 0. The molecule has 1 aromatic rings. The summed E-state index contributed by atoms with van der Waals surface area (Å²) in [6.07, 6.45) is 1.04. The van der Waals surface area contributed by atoms with Crippen molar-refractivity contribution in [2.45, 2.75) is 19.9 Å². The molecule has 1 aliphatic heterocycles. The predicted molar refractivity (Wildman–Crippen MR) is 90.9 cm³/mol. The zero-order chi connectivity index (χ0) is 15.6. The SMILES string of the molecule is CCOc1cc(CNCCCOC)ccc1N1CCNCC1. The molecule has 0 saturated carbocycles. The third-order valence-corrected chi connectivity index (χ3v) is 3.81. The van der Waals surface area contributed by atoms with E-state index >= 15 is 0 Å². The standard InChI is InChI=1S/C17H29N3O2/c1-3-22-17-13-15(14-19-7-4-12-21-2)5-6-16(17)20-10-8-18-9-11-20/h5-6,13,18-19H,3-4,7-12,14H2,1-2H3. The average molecular weight is 307 g/mol. The number of nitrogens with zero attached hydrogens (tertiary/aromatic N) is 1. The molecule has 1 fully saturated rings. The summed E-state index contributed by atoms with van der Waals surface area (Å²) in [5.74, 6) is 1.00. The van der Waals surface area contributed by atoms with Crippen LogP contribution in [0.1, 0.15) is 18.9 Å². The largest absolute Gasteiger partial charge is 0.492 e. The summed E-state index contributed by atoms with van der Waals surface area (Å²) in [5.41, 5.74) is 2.48. The van der Waals surface area contributed by atoms with Gasteiger partial charge in [0.25, 0.3) is 0 Å². The number of hydrogen-bond acceptors (Lipinski definition) is 5. The average Bonchev–Trinajstić information content (AvgIpc) is 2.56. The first-order valence-corrected chi connectivity index (χ1v) is 8.26. The lowest BCUT2D eigenvalue weighted by molar-refractivity contribution is 0.194. The molecule has 0 atom stereocenters. The van der Waals surface area contributed by atoms with Crippen LogP contribution in [0.5, 0.6) is 5.75 Å². The van der Waals surface area contributed by atoms with Crippen molar-refractivity contribution in [1.82, 2.24) is 10.6 Å². The molecule has 0 aromatic heterocycles. The van der Waals surface area contributed by atoms with E-state index in [1.54, 1.807) is 7.11 Å². The van der Waals surface area contributed by atoms with E-state index in [2.05, 4.69) is 33.7 Å². The second kappa shape index (κ2) is 9.66. The Morgan fingerprint density at radius 3 is 2.82 bits per heavy atom. The van der Waals surface area contributed by atoms with Crippen LogP contribution in [-0.4, -0.2) is 53.0 Å². The van der Waals surface area contributed by atoms with Crippen LogP contribution in [0.4, 0.5) is 5.69 Å². The van der Waals surface area contributed by atoms with Crippen molar-refractivity contribution >= 4 is 5.69 Å². The van der Waals surface area contributed by atoms with E-state index < -0.39 is 0 Å². The van der Waals surface area contributed by atoms with Gasteiger partial charge in [-0.15, -0.1) is 0 Å². The van der Waals surface area contributed by atoms with Gasteiger partial charge in [-0.3, -0.25) is 0 Å². The number of methoxy groups -OCH3 is 1. The lowest BCUT2D eigenvalue weighted by Crippen LogP contribution is -2.43. The van der Waals surface area contributed by atoms with Crippen LogP contribution in [0.25, 0.3) is 0 Å². The van der Waals surface area contributed by atoms with Crippen LogP contribution in [0.15, 0.2) is 18.2 Å². The molecule has 2 N–H and O–H groups in total. The van der Waals surface area contributed by atoms with Gasteiger partial charge in [0, 0.05) is 46.4 Å². The fourth-order valence-corrected chi connectivity index (χ4v) is 2.68. The number of nitrogens with one attached hydrogen (secondary N) is 2. The highest BCUT2D eigenvalue weighted by Gasteiger charge is 2.15. The van der Waals surface area contributed by atoms with Crippen LogP contribution in [0.3, 0.4) is 0 Å². The highest BCUT2D eigenvalue weighted by atomic mass is 16.5. The van der Waals surface area contributed by atoms with Gasteiger partial charge in [0.05, 0.1) is 12.3 Å². The van der Waals surface area contributed by atoms with Crippen LogP contribution < -0.4 is 20.3 Å². The van der Waals surface area contributed by atoms with Crippen molar-refractivity contribution in [3.05, 3.63) is 23.8 Å². The minimum absolute atomic E-state index is 0.698. The van der Waals surface area contributed by atoms with Gasteiger partial charge in [-0.25, -0.2) is 0 Å². The summed E-state index contributed by atoms with van der Waals surface area (Å²) in [6.45, 7) is 9.52. The number of ether oxygens (including phenoxy) is 2. The number of hydrogen-bond donors (Lipinski definition) is 2. The van der Waals surface area contributed by atoms with Crippen LogP contribution >= 0.6 is 0 Å². The molecule has 1 heterocycles. The molecule has 0 unspecified atom stereocenters. The normalized spacial score (nSPS) is 15.1. The van der Waals surface area contributed by atoms with Gasteiger partial charge < -0.3 is 25.0 Å². The summed E-state index contributed by atoms with van der Waals surface area (Å²) in [4.78, 5) is 2.40. The van der Waals surface area contributed by atoms with E-state index in [0.29, 0.717) is 6.61 Å². The molecular weight excluding hydrogens is 278 g/mol. The summed E-state index contributed by atoms with van der Waals surface area (Å²) in [5, 5.41) is 6.83. The molecule has 0 aliphatic carbocycles. The molecule has 5 nitrogen and oxygen atoms in total. The molecule has 1 aromatic carbocycles. The minimum atomic E-state index is 0.698. The quantitative estimate of drug-likeness (QED) is 0.679. The van der Waals surface area contributed by atoms with Crippen LogP contribution in [0, 0.1) is 0 Å². The zero-order valence-electron chi connectivity index (χ0n) is 13.9. The van der Waals surface area contributed by atoms with E-state index in [0.717, 1.165) is 58.0 Å². The number of benzene rings is 1. The fourth-order valence-electron chi connectivity index (χ4n) is 2.68. The van der Waals surface area contributed by atoms with Crippen LogP contribution in [-0.2, 0) is 11.3 Å². The van der Waals surface area contributed by atoms with Gasteiger partial charge in [0.2, 0.25) is 0 Å². The Bertz CT molecular complexity index is 434. The Hall–Kier alpha value is -1.30. The van der Waals surface area contributed by atoms with Gasteiger partial charge in [0.15, 0.2) is 0 Å². The lowest BCUT2D eigenvalue weighted by Gasteiger charge is -2.31. The smallest absolute Gasteiger partial charge is 0.142 e. The van der Waals surface area contributed by atoms with Crippen molar-refractivity contribution in [2.24, 2.45) is 0 Å².